The maximum atomic E-state index is 13.9. The monoisotopic (exact) mass is 418 g/mol. The molecule has 0 aliphatic rings. The minimum absolute atomic E-state index is 0.247. The Balaban J connectivity index is 2.20. The fourth-order valence-electron chi connectivity index (χ4n) is 2.33. The molecule has 0 saturated heterocycles. The Morgan fingerprint density at radius 2 is 2.19 bits per heavy atom. The van der Waals surface area contributed by atoms with E-state index in [1.54, 1.807) is 16.9 Å². The third-order valence-corrected chi connectivity index (χ3v) is 4.44. The van der Waals surface area contributed by atoms with Crippen LogP contribution in [-0.4, -0.2) is 19.3 Å². The summed E-state index contributed by atoms with van der Waals surface area (Å²) in [6, 6.07) is 5.19. The van der Waals surface area contributed by atoms with Crippen LogP contribution in [-0.2, 0) is 13.6 Å². The number of rotatable bonds is 3. The van der Waals surface area contributed by atoms with Crippen LogP contribution in [0.15, 0.2) is 24.4 Å². The molecule has 3 rings (SSSR count). The lowest BCUT2D eigenvalue weighted by atomic mass is 10.3. The molecule has 1 unspecified atom stereocenters. The molecule has 0 saturated carbocycles. The van der Waals surface area contributed by atoms with Gasteiger partial charge >= 0.3 is 0 Å². The highest BCUT2D eigenvalue weighted by Gasteiger charge is 2.17. The predicted molar refractivity (Wildman–Crippen MR) is 89.0 cm³/mol. The van der Waals surface area contributed by atoms with Crippen LogP contribution in [0.2, 0.25) is 0 Å². The number of imidazole rings is 1. The maximum absolute atomic E-state index is 13.9. The third kappa shape index (κ3) is 2.66. The highest BCUT2D eigenvalue weighted by molar-refractivity contribution is 14.1. The summed E-state index contributed by atoms with van der Waals surface area (Å²) in [6.07, 6.45) is 1.74. The van der Waals surface area contributed by atoms with Gasteiger partial charge in [0.1, 0.15) is 11.6 Å². The van der Waals surface area contributed by atoms with Gasteiger partial charge in [0.05, 0.1) is 32.2 Å². The molecule has 7 heteroatoms. The van der Waals surface area contributed by atoms with Crippen LogP contribution in [0.5, 0.6) is 0 Å². The second kappa shape index (κ2) is 5.57. The predicted octanol–water partition coefficient (Wildman–Crippen LogP) is 3.86. The van der Waals surface area contributed by atoms with E-state index in [0.717, 1.165) is 22.6 Å². The van der Waals surface area contributed by atoms with Gasteiger partial charge in [-0.25, -0.2) is 9.37 Å². The lowest BCUT2D eigenvalue weighted by molar-refractivity contribution is 0.619. The molecule has 110 valence electrons. The number of benzene rings is 1. The van der Waals surface area contributed by atoms with Gasteiger partial charge in [0.25, 0.3) is 0 Å². The average molecular weight is 419 g/mol. The summed E-state index contributed by atoms with van der Waals surface area (Å²) in [4.78, 5) is 4.55. The second-order valence-electron chi connectivity index (χ2n) is 4.87. The Morgan fingerprint density at radius 1 is 1.43 bits per heavy atom. The highest BCUT2D eigenvalue weighted by atomic mass is 127. The minimum Gasteiger partial charge on any atom is -0.321 e. The minimum atomic E-state index is -0.258. The van der Waals surface area contributed by atoms with E-state index >= 15 is 0 Å². The van der Waals surface area contributed by atoms with Gasteiger partial charge in [0.2, 0.25) is 0 Å². The average Bonchev–Trinajstić information content (AvgIpc) is 2.97. The molecule has 1 atom stereocenters. The molecule has 0 fully saturated rings. The first-order valence-electron chi connectivity index (χ1n) is 6.43. The van der Waals surface area contributed by atoms with Crippen LogP contribution in [0.1, 0.15) is 23.8 Å². The van der Waals surface area contributed by atoms with Crippen LogP contribution in [0.4, 0.5) is 4.39 Å². The summed E-state index contributed by atoms with van der Waals surface area (Å²) in [5, 5.41) is 3.90. The quantitative estimate of drug-likeness (QED) is 0.478. The van der Waals surface area contributed by atoms with E-state index in [9.17, 15) is 4.39 Å². The van der Waals surface area contributed by atoms with Gasteiger partial charge in [-0.2, -0.15) is 5.10 Å². The van der Waals surface area contributed by atoms with Crippen LogP contribution >= 0.6 is 34.2 Å². The van der Waals surface area contributed by atoms with E-state index in [0.29, 0.717) is 10.1 Å². The van der Waals surface area contributed by atoms with Gasteiger partial charge in [-0.3, -0.25) is 4.68 Å². The molecule has 1 aromatic carbocycles. The highest BCUT2D eigenvalue weighted by Crippen LogP contribution is 2.27. The number of aromatic nitrogens is 4. The second-order valence-corrected chi connectivity index (χ2v) is 6.69. The summed E-state index contributed by atoms with van der Waals surface area (Å²) in [7, 11) is 1.88. The first kappa shape index (κ1) is 14.8. The van der Waals surface area contributed by atoms with Crippen LogP contribution in [0.3, 0.4) is 0 Å². The number of halogens is 3. The van der Waals surface area contributed by atoms with Crippen molar-refractivity contribution in [3.63, 3.8) is 0 Å². The number of nitrogens with zero attached hydrogens (tertiary/aromatic N) is 4. The summed E-state index contributed by atoms with van der Waals surface area (Å²) in [6.45, 7) is 2.42. The number of aryl methyl sites for hydroxylation is 1. The van der Waals surface area contributed by atoms with Crippen LogP contribution in [0, 0.1) is 9.39 Å². The molecule has 0 radical (unpaired) electrons. The van der Waals surface area contributed by atoms with Crippen molar-refractivity contribution in [2.75, 3.05) is 0 Å². The summed E-state index contributed by atoms with van der Waals surface area (Å²) < 4.78 is 18.2. The number of alkyl halides is 1. The largest absolute Gasteiger partial charge is 0.321 e. The molecular formula is C14H13ClFIN4. The van der Waals surface area contributed by atoms with Gasteiger partial charge in [-0.05, 0) is 41.6 Å². The fraction of sp³-hybridized carbons (Fsp3) is 0.286. The zero-order chi connectivity index (χ0) is 15.1. The molecular weight excluding hydrogens is 406 g/mol. The lowest BCUT2D eigenvalue weighted by Gasteiger charge is -2.11. The lowest BCUT2D eigenvalue weighted by Crippen LogP contribution is -2.09. The smallest absolute Gasteiger partial charge is 0.138 e. The topological polar surface area (TPSA) is 35.6 Å². The Kier molecular flexibility index (Phi) is 3.92. The van der Waals surface area contributed by atoms with E-state index < -0.39 is 0 Å². The van der Waals surface area contributed by atoms with E-state index in [-0.39, 0.29) is 11.2 Å². The fourth-order valence-corrected chi connectivity index (χ4v) is 2.94. The number of fused-ring (bicyclic) bond motifs is 1. The standard InChI is InChI=1S/C14H13ClFIN4/c1-8(15)14-19-12-6-11(17)10(16)5-13(12)21(14)7-9-3-4-18-20(9)2/h3-6,8H,7H2,1-2H3. The molecule has 4 nitrogen and oxygen atoms in total. The maximum Gasteiger partial charge on any atom is 0.138 e. The first-order valence-corrected chi connectivity index (χ1v) is 7.95. The van der Waals surface area contributed by atoms with Crippen molar-refractivity contribution in [3.8, 4) is 0 Å². The molecule has 2 heterocycles. The Labute approximate surface area is 140 Å². The summed E-state index contributed by atoms with van der Waals surface area (Å²) >= 11 is 8.21. The molecule has 21 heavy (non-hydrogen) atoms. The Bertz CT molecular complexity index is 809. The zero-order valence-corrected chi connectivity index (χ0v) is 14.4. The molecule has 0 spiro atoms. The van der Waals surface area contributed by atoms with Gasteiger partial charge < -0.3 is 4.57 Å². The molecule has 0 N–H and O–H groups in total. The molecule has 0 amide bonds. The van der Waals surface area contributed by atoms with Crippen molar-refractivity contribution in [3.05, 3.63) is 45.3 Å². The molecule has 3 aromatic rings. The molecule has 0 aliphatic carbocycles. The Hall–Kier alpha value is -1.15. The molecule has 2 aromatic heterocycles. The van der Waals surface area contributed by atoms with Gasteiger partial charge in [-0.15, -0.1) is 11.6 Å². The number of hydrogen-bond acceptors (Lipinski definition) is 2. The van der Waals surface area contributed by atoms with E-state index in [1.165, 1.54) is 6.07 Å². The van der Waals surface area contributed by atoms with Crippen molar-refractivity contribution in [1.29, 1.82) is 0 Å². The van der Waals surface area contributed by atoms with E-state index in [1.807, 2.05) is 47.2 Å². The van der Waals surface area contributed by atoms with Gasteiger partial charge in [0, 0.05) is 19.3 Å². The first-order chi connectivity index (χ1) is 9.97. The van der Waals surface area contributed by atoms with Crippen molar-refractivity contribution >= 4 is 45.2 Å². The van der Waals surface area contributed by atoms with E-state index in [4.69, 9.17) is 11.6 Å². The van der Waals surface area contributed by atoms with Crippen LogP contribution in [0.25, 0.3) is 11.0 Å². The van der Waals surface area contributed by atoms with Crippen LogP contribution < -0.4 is 0 Å². The Morgan fingerprint density at radius 3 is 2.81 bits per heavy atom. The zero-order valence-electron chi connectivity index (χ0n) is 11.5. The number of hydrogen-bond donors (Lipinski definition) is 0. The van der Waals surface area contributed by atoms with Crippen molar-refractivity contribution in [2.45, 2.75) is 18.8 Å². The normalized spacial score (nSPS) is 13.0. The van der Waals surface area contributed by atoms with Crippen molar-refractivity contribution in [1.82, 2.24) is 19.3 Å². The summed E-state index contributed by atoms with van der Waals surface area (Å²) in [5.41, 5.74) is 2.51. The molecule has 0 aliphatic heterocycles. The van der Waals surface area contributed by atoms with Crippen molar-refractivity contribution < 1.29 is 4.39 Å². The van der Waals surface area contributed by atoms with Crippen molar-refractivity contribution in [2.24, 2.45) is 7.05 Å². The third-order valence-electron chi connectivity index (χ3n) is 3.42. The SMILES string of the molecule is CC(Cl)c1nc2cc(I)c(F)cc2n1Cc1ccnn1C. The summed E-state index contributed by atoms with van der Waals surface area (Å²) in [5.74, 6) is 0.484. The van der Waals surface area contributed by atoms with E-state index in [2.05, 4.69) is 10.1 Å². The van der Waals surface area contributed by atoms with Gasteiger partial charge in [0.15, 0.2) is 0 Å². The molecule has 0 bridgehead atoms. The van der Waals surface area contributed by atoms with Gasteiger partial charge in [-0.1, -0.05) is 0 Å².